The largest absolute Gasteiger partial charge is 0.368 e. The molecule has 1 heterocycles. The van der Waals surface area contributed by atoms with Crippen LogP contribution in [-0.4, -0.2) is 5.91 Å². The molecule has 18 heavy (non-hydrogen) atoms. The molecule has 3 nitrogen and oxygen atoms in total. The average Bonchev–Trinajstić information content (AvgIpc) is 2.76. The van der Waals surface area contributed by atoms with Crippen molar-refractivity contribution in [3.8, 4) is 0 Å². The summed E-state index contributed by atoms with van der Waals surface area (Å²) >= 11 is 5.04. The van der Waals surface area contributed by atoms with Gasteiger partial charge in [0, 0.05) is 21.3 Å². The maximum atomic E-state index is 11.5. The molecular weight excluding hydrogens is 312 g/mol. The quantitative estimate of drug-likeness (QED) is 0.888. The number of benzene rings is 1. The van der Waals surface area contributed by atoms with E-state index in [1.54, 1.807) is 11.3 Å². The van der Waals surface area contributed by atoms with Crippen molar-refractivity contribution in [1.82, 2.24) is 5.32 Å². The van der Waals surface area contributed by atoms with Crippen molar-refractivity contribution in [2.24, 2.45) is 5.73 Å². The van der Waals surface area contributed by atoms with Crippen LogP contribution in [0.4, 0.5) is 0 Å². The predicted octanol–water partition coefficient (Wildman–Crippen LogP) is 2.83. The van der Waals surface area contributed by atoms with Gasteiger partial charge < -0.3 is 5.73 Å². The van der Waals surface area contributed by atoms with Gasteiger partial charge in [-0.2, -0.15) is 0 Å². The molecule has 0 saturated carbocycles. The molecule has 1 amide bonds. The highest BCUT2D eigenvalue weighted by molar-refractivity contribution is 9.10. The molecule has 0 radical (unpaired) electrons. The summed E-state index contributed by atoms with van der Waals surface area (Å²) in [6, 6.07) is 11.1. The van der Waals surface area contributed by atoms with Crippen molar-refractivity contribution < 1.29 is 4.79 Å². The first kappa shape index (κ1) is 13.3. The fourth-order valence-electron chi connectivity index (χ4n) is 1.68. The molecule has 3 N–H and O–H groups in total. The minimum Gasteiger partial charge on any atom is -0.368 e. The third kappa shape index (κ3) is 3.41. The van der Waals surface area contributed by atoms with Gasteiger partial charge in [0.1, 0.15) is 6.04 Å². The summed E-state index contributed by atoms with van der Waals surface area (Å²) in [6.07, 6.45) is 0. The molecule has 2 rings (SSSR count). The number of nitrogens with two attached hydrogens (primary N) is 1. The number of hydrogen-bond acceptors (Lipinski definition) is 3. The third-order valence-corrected chi connectivity index (χ3v) is 4.22. The highest BCUT2D eigenvalue weighted by Crippen LogP contribution is 2.20. The van der Waals surface area contributed by atoms with Gasteiger partial charge in [0.05, 0.1) is 0 Å². The van der Waals surface area contributed by atoms with Gasteiger partial charge in [-0.05, 0) is 27.6 Å². The van der Waals surface area contributed by atoms with Gasteiger partial charge in [0.25, 0.3) is 0 Å². The minimum atomic E-state index is -0.452. The van der Waals surface area contributed by atoms with E-state index in [-0.39, 0.29) is 5.91 Å². The fraction of sp³-hybridized carbons (Fsp3) is 0.154. The van der Waals surface area contributed by atoms with Crippen LogP contribution < -0.4 is 11.1 Å². The first-order chi connectivity index (χ1) is 8.66. The molecule has 0 bridgehead atoms. The molecule has 94 valence electrons. The monoisotopic (exact) mass is 324 g/mol. The van der Waals surface area contributed by atoms with Crippen molar-refractivity contribution in [3.63, 3.8) is 0 Å². The van der Waals surface area contributed by atoms with E-state index in [0.717, 1.165) is 14.9 Å². The zero-order chi connectivity index (χ0) is 13.0. The summed E-state index contributed by atoms with van der Waals surface area (Å²) < 4.78 is 1.06. The number of carbonyl (C=O) groups is 1. The summed E-state index contributed by atoms with van der Waals surface area (Å²) in [5.41, 5.74) is 6.32. The standard InChI is InChI=1S/C13H13BrN2OS/c14-10-6-11(18-8-10)7-16-12(13(15)17)9-4-2-1-3-5-9/h1-6,8,12,16H,7H2,(H2,15,17). The molecule has 0 saturated heterocycles. The lowest BCUT2D eigenvalue weighted by atomic mass is 10.1. The van der Waals surface area contributed by atoms with E-state index in [2.05, 4.69) is 21.2 Å². The Morgan fingerprint density at radius 2 is 2.11 bits per heavy atom. The molecule has 1 aromatic carbocycles. The first-order valence-corrected chi connectivity index (χ1v) is 7.14. The van der Waals surface area contributed by atoms with Gasteiger partial charge >= 0.3 is 0 Å². The molecule has 5 heteroatoms. The van der Waals surface area contributed by atoms with E-state index in [0.29, 0.717) is 6.54 Å². The molecule has 1 unspecified atom stereocenters. The van der Waals surface area contributed by atoms with Crippen molar-refractivity contribution in [2.75, 3.05) is 0 Å². The number of amides is 1. The number of hydrogen-bond donors (Lipinski definition) is 2. The van der Waals surface area contributed by atoms with Gasteiger partial charge in [0.2, 0.25) is 5.91 Å². The second kappa shape index (κ2) is 6.13. The van der Waals surface area contributed by atoms with Crippen LogP contribution in [0.5, 0.6) is 0 Å². The highest BCUT2D eigenvalue weighted by atomic mass is 79.9. The van der Waals surface area contributed by atoms with E-state index in [1.165, 1.54) is 0 Å². The molecule has 2 aromatic rings. The molecule has 0 aliphatic heterocycles. The Labute approximate surface area is 118 Å². The number of primary amides is 1. The van der Waals surface area contributed by atoms with E-state index in [9.17, 15) is 4.79 Å². The maximum Gasteiger partial charge on any atom is 0.239 e. The third-order valence-electron chi connectivity index (χ3n) is 2.52. The number of halogens is 1. The fourth-order valence-corrected chi connectivity index (χ4v) is 3.08. The summed E-state index contributed by atoms with van der Waals surface area (Å²) in [7, 11) is 0. The predicted molar refractivity (Wildman–Crippen MR) is 77.2 cm³/mol. The summed E-state index contributed by atoms with van der Waals surface area (Å²) in [6.45, 7) is 0.624. The van der Waals surface area contributed by atoms with Gasteiger partial charge in [-0.25, -0.2) is 0 Å². The Morgan fingerprint density at radius 1 is 1.39 bits per heavy atom. The van der Waals surface area contributed by atoms with Crippen molar-refractivity contribution >= 4 is 33.2 Å². The van der Waals surface area contributed by atoms with Crippen LogP contribution in [0.25, 0.3) is 0 Å². The van der Waals surface area contributed by atoms with Crippen LogP contribution in [-0.2, 0) is 11.3 Å². The van der Waals surface area contributed by atoms with Gasteiger partial charge in [-0.1, -0.05) is 30.3 Å². The Hall–Kier alpha value is -1.17. The zero-order valence-electron chi connectivity index (χ0n) is 9.60. The normalized spacial score (nSPS) is 12.3. The van der Waals surface area contributed by atoms with E-state index in [1.807, 2.05) is 41.8 Å². The molecule has 1 aromatic heterocycles. The van der Waals surface area contributed by atoms with Crippen LogP contribution in [0.2, 0.25) is 0 Å². The van der Waals surface area contributed by atoms with Gasteiger partial charge in [-0.3, -0.25) is 10.1 Å². The average molecular weight is 325 g/mol. The van der Waals surface area contributed by atoms with Crippen molar-refractivity contribution in [2.45, 2.75) is 12.6 Å². The maximum absolute atomic E-state index is 11.5. The van der Waals surface area contributed by atoms with Gasteiger partial charge in [0.15, 0.2) is 0 Å². The van der Waals surface area contributed by atoms with Crippen LogP contribution >= 0.6 is 27.3 Å². The minimum absolute atomic E-state index is 0.364. The van der Waals surface area contributed by atoms with Crippen LogP contribution in [0.1, 0.15) is 16.5 Å². The lowest BCUT2D eigenvalue weighted by Crippen LogP contribution is -2.33. The van der Waals surface area contributed by atoms with E-state index >= 15 is 0 Å². The van der Waals surface area contributed by atoms with E-state index in [4.69, 9.17) is 5.73 Å². The SMILES string of the molecule is NC(=O)C(NCc1cc(Br)cs1)c1ccccc1. The number of rotatable bonds is 5. The summed E-state index contributed by atoms with van der Waals surface area (Å²) in [5.74, 6) is -0.364. The zero-order valence-corrected chi connectivity index (χ0v) is 12.0. The Morgan fingerprint density at radius 3 is 2.67 bits per heavy atom. The smallest absolute Gasteiger partial charge is 0.239 e. The Bertz CT molecular complexity index is 527. The van der Waals surface area contributed by atoms with Crippen LogP contribution in [0.3, 0.4) is 0 Å². The second-order valence-electron chi connectivity index (χ2n) is 3.86. The second-order valence-corrected chi connectivity index (χ2v) is 5.77. The Kier molecular flexibility index (Phi) is 4.52. The first-order valence-electron chi connectivity index (χ1n) is 5.47. The van der Waals surface area contributed by atoms with E-state index < -0.39 is 6.04 Å². The molecule has 0 spiro atoms. The Balaban J connectivity index is 2.06. The number of carbonyl (C=O) groups excluding carboxylic acids is 1. The lowest BCUT2D eigenvalue weighted by Gasteiger charge is -2.15. The summed E-state index contributed by atoms with van der Waals surface area (Å²) in [4.78, 5) is 12.6. The molecule has 0 aliphatic rings. The molecular formula is C13H13BrN2OS. The van der Waals surface area contributed by atoms with Crippen molar-refractivity contribution in [3.05, 3.63) is 56.7 Å². The number of thiophene rings is 1. The van der Waals surface area contributed by atoms with Crippen LogP contribution in [0, 0.1) is 0 Å². The highest BCUT2D eigenvalue weighted by Gasteiger charge is 2.16. The van der Waals surface area contributed by atoms with Gasteiger partial charge in [-0.15, -0.1) is 11.3 Å². The van der Waals surface area contributed by atoms with Crippen molar-refractivity contribution in [1.29, 1.82) is 0 Å². The number of nitrogens with one attached hydrogen (secondary N) is 1. The molecule has 1 atom stereocenters. The lowest BCUT2D eigenvalue weighted by molar-refractivity contribution is -0.120. The molecule has 0 fully saturated rings. The van der Waals surface area contributed by atoms with Crippen LogP contribution in [0.15, 0.2) is 46.3 Å². The molecule has 0 aliphatic carbocycles. The summed E-state index contributed by atoms with van der Waals surface area (Å²) in [5, 5.41) is 5.19. The topological polar surface area (TPSA) is 55.1 Å².